The summed E-state index contributed by atoms with van der Waals surface area (Å²) in [7, 11) is 0. The van der Waals surface area contributed by atoms with E-state index in [4.69, 9.17) is 4.74 Å². The Morgan fingerprint density at radius 2 is 1.64 bits per heavy atom. The van der Waals surface area contributed by atoms with Crippen LogP contribution in [0.1, 0.15) is 107 Å². The third-order valence-corrected chi connectivity index (χ3v) is 8.60. The maximum Gasteiger partial charge on any atom is 0.262 e. The van der Waals surface area contributed by atoms with Gasteiger partial charge in [0.1, 0.15) is 5.75 Å². The van der Waals surface area contributed by atoms with Crippen molar-refractivity contribution in [3.05, 3.63) is 29.3 Å². The fourth-order valence-electron chi connectivity index (χ4n) is 6.74. The summed E-state index contributed by atoms with van der Waals surface area (Å²) in [5, 5.41) is 3.79. The van der Waals surface area contributed by atoms with Gasteiger partial charge in [0, 0.05) is 6.04 Å². The number of nitrogens with one attached hydrogen (secondary N) is 1. The molecule has 0 aromatic heterocycles. The number of hydrogen-bond acceptors (Lipinski definition) is 3. The van der Waals surface area contributed by atoms with Crippen molar-refractivity contribution in [2.75, 3.05) is 13.2 Å². The van der Waals surface area contributed by atoms with Crippen LogP contribution < -0.4 is 10.1 Å². The molecule has 3 aliphatic rings. The largest absolute Gasteiger partial charge is 0.483 e. The van der Waals surface area contributed by atoms with Gasteiger partial charge in [-0.3, -0.25) is 10.1 Å². The van der Waals surface area contributed by atoms with E-state index in [0.29, 0.717) is 11.5 Å². The van der Waals surface area contributed by atoms with Crippen molar-refractivity contribution in [1.29, 1.82) is 0 Å². The van der Waals surface area contributed by atoms with Crippen LogP contribution in [-0.4, -0.2) is 36.2 Å². The zero-order valence-corrected chi connectivity index (χ0v) is 21.2. The molecule has 1 amide bonds. The van der Waals surface area contributed by atoms with Crippen molar-refractivity contribution in [2.24, 2.45) is 5.41 Å². The Balaban J connectivity index is 1.48. The molecule has 33 heavy (non-hydrogen) atoms. The Morgan fingerprint density at radius 1 is 0.970 bits per heavy atom. The zero-order chi connectivity index (χ0) is 23.1. The highest BCUT2D eigenvalue weighted by atomic mass is 16.5. The average Bonchev–Trinajstić information content (AvgIpc) is 2.92. The van der Waals surface area contributed by atoms with Gasteiger partial charge in [0.2, 0.25) is 0 Å². The third kappa shape index (κ3) is 6.53. The van der Waals surface area contributed by atoms with Gasteiger partial charge in [0.05, 0.1) is 6.17 Å². The van der Waals surface area contributed by atoms with Crippen molar-refractivity contribution in [2.45, 2.75) is 122 Å². The van der Waals surface area contributed by atoms with Crippen molar-refractivity contribution in [3.63, 3.8) is 0 Å². The normalized spacial score (nSPS) is 24.5. The molecule has 1 aliphatic heterocycles. The number of benzene rings is 1. The van der Waals surface area contributed by atoms with Crippen molar-refractivity contribution < 1.29 is 9.53 Å². The van der Waals surface area contributed by atoms with Crippen LogP contribution in [0, 0.1) is 19.3 Å². The van der Waals surface area contributed by atoms with E-state index in [1.807, 2.05) is 6.07 Å². The van der Waals surface area contributed by atoms with Crippen LogP contribution in [0.2, 0.25) is 0 Å². The average molecular weight is 455 g/mol. The van der Waals surface area contributed by atoms with Gasteiger partial charge < -0.3 is 9.64 Å². The number of amides is 1. The minimum absolute atomic E-state index is 0.144. The molecule has 4 nitrogen and oxygen atoms in total. The Hall–Kier alpha value is -1.55. The molecule has 0 bridgehead atoms. The van der Waals surface area contributed by atoms with E-state index in [0.717, 1.165) is 37.1 Å². The quantitative estimate of drug-likeness (QED) is 0.540. The molecule has 1 unspecified atom stereocenters. The van der Waals surface area contributed by atoms with E-state index < -0.39 is 0 Å². The number of rotatable bonds is 5. The summed E-state index contributed by atoms with van der Waals surface area (Å²) in [6.07, 6.45) is 19.6. The topological polar surface area (TPSA) is 41.6 Å². The summed E-state index contributed by atoms with van der Waals surface area (Å²) in [4.78, 5) is 15.9. The van der Waals surface area contributed by atoms with Gasteiger partial charge in [-0.15, -0.1) is 0 Å². The van der Waals surface area contributed by atoms with E-state index in [9.17, 15) is 4.79 Å². The fraction of sp³-hybridized carbons (Fsp3) is 0.759. The Kier molecular flexibility index (Phi) is 8.73. The maximum atomic E-state index is 13.7. The highest BCUT2D eigenvalue weighted by molar-refractivity contribution is 5.78. The second-order valence-corrected chi connectivity index (χ2v) is 11.2. The Labute approximate surface area is 201 Å². The molecule has 4 rings (SSSR count). The standard InChI is InChI=1S/C29H46N2O2/c1-23-14-15-26(24(2)20-23)33-22-28(32)31(25-12-8-7-9-13-25)27-21-29(18-19-30-27)16-10-5-3-4-6-11-17-29/h14-15,20,25,27,30H,3-13,16-19,21-22H2,1-2H3. The molecular weight excluding hydrogens is 408 g/mol. The van der Waals surface area contributed by atoms with Gasteiger partial charge in [-0.1, -0.05) is 75.5 Å². The smallest absolute Gasteiger partial charge is 0.262 e. The highest BCUT2D eigenvalue weighted by Gasteiger charge is 2.41. The number of piperidine rings is 1. The van der Waals surface area contributed by atoms with Gasteiger partial charge >= 0.3 is 0 Å². The lowest BCUT2D eigenvalue weighted by molar-refractivity contribution is -0.142. The molecule has 2 saturated carbocycles. The van der Waals surface area contributed by atoms with Crippen molar-refractivity contribution in [3.8, 4) is 5.75 Å². The second kappa shape index (κ2) is 11.7. The van der Waals surface area contributed by atoms with Crippen LogP contribution in [0.25, 0.3) is 0 Å². The lowest BCUT2D eigenvalue weighted by Gasteiger charge is -2.48. The summed E-state index contributed by atoms with van der Waals surface area (Å²) in [6, 6.07) is 6.56. The van der Waals surface area contributed by atoms with Crippen molar-refractivity contribution >= 4 is 5.91 Å². The lowest BCUT2D eigenvalue weighted by Crippen LogP contribution is -2.59. The monoisotopic (exact) mass is 454 g/mol. The zero-order valence-electron chi connectivity index (χ0n) is 21.2. The first-order valence-electron chi connectivity index (χ1n) is 13.8. The summed E-state index contributed by atoms with van der Waals surface area (Å²) in [5.74, 6) is 1.00. The van der Waals surface area contributed by atoms with Crippen LogP contribution >= 0.6 is 0 Å². The Morgan fingerprint density at radius 3 is 2.33 bits per heavy atom. The van der Waals surface area contributed by atoms with Crippen LogP contribution in [0.4, 0.5) is 0 Å². The number of hydrogen-bond donors (Lipinski definition) is 1. The molecule has 2 aliphatic carbocycles. The van der Waals surface area contributed by atoms with E-state index >= 15 is 0 Å². The number of nitrogens with zero attached hydrogens (tertiary/aromatic N) is 1. The van der Waals surface area contributed by atoms with E-state index in [-0.39, 0.29) is 18.7 Å². The number of carbonyl (C=O) groups is 1. The summed E-state index contributed by atoms with van der Waals surface area (Å²) >= 11 is 0. The van der Waals surface area contributed by atoms with Crippen LogP contribution in [0.3, 0.4) is 0 Å². The van der Waals surface area contributed by atoms with E-state index in [2.05, 4.69) is 36.2 Å². The molecule has 184 valence electrons. The van der Waals surface area contributed by atoms with Gasteiger partial charge in [-0.25, -0.2) is 0 Å². The lowest BCUT2D eigenvalue weighted by atomic mass is 9.70. The Bertz CT molecular complexity index is 761. The van der Waals surface area contributed by atoms with Gasteiger partial charge in [0.15, 0.2) is 6.61 Å². The molecule has 1 saturated heterocycles. The third-order valence-electron chi connectivity index (χ3n) is 8.60. The van der Waals surface area contributed by atoms with Crippen LogP contribution in [0.15, 0.2) is 18.2 Å². The summed E-state index contributed by atoms with van der Waals surface area (Å²) in [5.41, 5.74) is 2.75. The molecular formula is C29H46N2O2. The summed E-state index contributed by atoms with van der Waals surface area (Å²) < 4.78 is 6.09. The SMILES string of the molecule is Cc1ccc(OCC(=O)N(C2CCCCC2)C2CC3(CCCCCCCC3)CCN2)c(C)c1. The summed E-state index contributed by atoms with van der Waals surface area (Å²) in [6.45, 7) is 5.34. The molecule has 1 heterocycles. The molecule has 3 fully saturated rings. The van der Waals surface area contributed by atoms with Crippen molar-refractivity contribution in [1.82, 2.24) is 10.2 Å². The molecule has 1 aromatic carbocycles. The fourth-order valence-corrected chi connectivity index (χ4v) is 6.74. The van der Waals surface area contributed by atoms with E-state index in [1.165, 1.54) is 82.6 Å². The molecule has 0 radical (unpaired) electrons. The van der Waals surface area contributed by atoms with Gasteiger partial charge in [-0.2, -0.15) is 0 Å². The minimum Gasteiger partial charge on any atom is -0.483 e. The van der Waals surface area contributed by atoms with Crippen LogP contribution in [-0.2, 0) is 4.79 Å². The van der Waals surface area contributed by atoms with Gasteiger partial charge in [-0.05, 0) is 76.0 Å². The van der Waals surface area contributed by atoms with Crippen LogP contribution in [0.5, 0.6) is 5.75 Å². The first kappa shape index (κ1) is 24.6. The predicted molar refractivity (Wildman–Crippen MR) is 136 cm³/mol. The number of carbonyl (C=O) groups excluding carboxylic acids is 1. The molecule has 4 heteroatoms. The second-order valence-electron chi connectivity index (χ2n) is 11.2. The first-order valence-corrected chi connectivity index (χ1v) is 13.8. The first-order chi connectivity index (χ1) is 16.1. The van der Waals surface area contributed by atoms with E-state index in [1.54, 1.807) is 0 Å². The molecule has 1 aromatic rings. The minimum atomic E-state index is 0.144. The number of aryl methyl sites for hydroxylation is 2. The van der Waals surface area contributed by atoms with Gasteiger partial charge in [0.25, 0.3) is 5.91 Å². The molecule has 1 atom stereocenters. The predicted octanol–water partition coefficient (Wildman–Crippen LogP) is 6.67. The molecule has 1 spiro atoms. The molecule has 1 N–H and O–H groups in total. The number of ether oxygens (including phenoxy) is 1. The highest BCUT2D eigenvalue weighted by Crippen LogP contribution is 2.43. The maximum absolute atomic E-state index is 13.7.